The van der Waals surface area contributed by atoms with Crippen LogP contribution in [0.2, 0.25) is 0 Å². The zero-order chi connectivity index (χ0) is 25.3. The lowest BCUT2D eigenvalue weighted by atomic mass is 9.83. The van der Waals surface area contributed by atoms with Gasteiger partial charge in [-0.2, -0.15) is 4.37 Å². The molecule has 1 aliphatic rings. The highest BCUT2D eigenvalue weighted by Crippen LogP contribution is 2.38. The molecule has 3 rings (SSSR count). The molecule has 1 aromatic heterocycles. The SMILES string of the molecule is CC1=C(OC(F)(F)F)C=CC(c2nsc(COc3ccc(OC(C)(C)C(=O)O)c(C)c3)n2)C1C. The number of carboxylic acids is 1. The van der Waals surface area contributed by atoms with Gasteiger partial charge in [-0.25, -0.2) is 9.78 Å². The van der Waals surface area contributed by atoms with Gasteiger partial charge in [0.25, 0.3) is 0 Å². The van der Waals surface area contributed by atoms with Crippen LogP contribution in [0.15, 0.2) is 41.7 Å². The highest BCUT2D eigenvalue weighted by molar-refractivity contribution is 7.05. The zero-order valence-corrected chi connectivity index (χ0v) is 20.1. The molecule has 0 aliphatic heterocycles. The van der Waals surface area contributed by atoms with E-state index in [2.05, 4.69) is 14.1 Å². The number of aryl methyl sites for hydroxylation is 1. The van der Waals surface area contributed by atoms with Gasteiger partial charge in [-0.05, 0) is 80.6 Å². The summed E-state index contributed by atoms with van der Waals surface area (Å²) in [5.41, 5.74) is -0.181. The molecule has 184 valence electrons. The van der Waals surface area contributed by atoms with Gasteiger partial charge in [0.1, 0.15) is 29.7 Å². The number of hydrogen-bond donors (Lipinski definition) is 1. The van der Waals surface area contributed by atoms with Crippen LogP contribution in [-0.4, -0.2) is 32.4 Å². The molecule has 7 nitrogen and oxygen atoms in total. The molecule has 0 saturated heterocycles. The van der Waals surface area contributed by atoms with Crippen LogP contribution in [0.1, 0.15) is 50.0 Å². The molecule has 0 amide bonds. The van der Waals surface area contributed by atoms with Crippen LogP contribution in [0.3, 0.4) is 0 Å². The number of halogens is 3. The van der Waals surface area contributed by atoms with Crippen LogP contribution in [0.25, 0.3) is 0 Å². The lowest BCUT2D eigenvalue weighted by Gasteiger charge is -2.26. The molecule has 0 bridgehead atoms. The smallest absolute Gasteiger partial charge is 0.486 e. The van der Waals surface area contributed by atoms with Crippen LogP contribution >= 0.6 is 11.5 Å². The molecular formula is C23H25F3N2O5S. The summed E-state index contributed by atoms with van der Waals surface area (Å²) >= 11 is 1.16. The number of aromatic nitrogens is 2. The molecule has 2 unspecified atom stereocenters. The average Bonchev–Trinajstić information content (AvgIpc) is 3.19. The normalized spacial score (nSPS) is 18.7. The number of rotatable bonds is 8. The number of ether oxygens (including phenoxy) is 3. The number of alkyl halides is 3. The summed E-state index contributed by atoms with van der Waals surface area (Å²) in [4.78, 5) is 15.8. The Balaban J connectivity index is 1.63. The van der Waals surface area contributed by atoms with E-state index in [4.69, 9.17) is 9.47 Å². The maximum absolute atomic E-state index is 12.6. The predicted molar refractivity (Wildman–Crippen MR) is 119 cm³/mol. The van der Waals surface area contributed by atoms with Crippen LogP contribution in [0.4, 0.5) is 13.2 Å². The van der Waals surface area contributed by atoms with Gasteiger partial charge in [-0.3, -0.25) is 0 Å². The van der Waals surface area contributed by atoms with Gasteiger partial charge in [-0.15, -0.1) is 13.2 Å². The van der Waals surface area contributed by atoms with Crippen molar-refractivity contribution in [2.75, 3.05) is 0 Å². The Morgan fingerprint density at radius 1 is 1.21 bits per heavy atom. The van der Waals surface area contributed by atoms with Gasteiger partial charge < -0.3 is 19.3 Å². The minimum atomic E-state index is -4.74. The molecule has 1 aromatic carbocycles. The molecule has 0 radical (unpaired) electrons. The van der Waals surface area contributed by atoms with E-state index in [0.29, 0.717) is 33.5 Å². The Morgan fingerprint density at radius 2 is 1.91 bits per heavy atom. The van der Waals surface area contributed by atoms with E-state index in [1.165, 1.54) is 19.9 Å². The van der Waals surface area contributed by atoms with E-state index < -0.39 is 17.9 Å². The maximum Gasteiger partial charge on any atom is 0.573 e. The number of nitrogens with zero attached hydrogens (tertiary/aromatic N) is 2. The first-order valence-corrected chi connectivity index (χ1v) is 11.2. The Bertz CT molecular complexity index is 1120. The van der Waals surface area contributed by atoms with E-state index in [0.717, 1.165) is 11.5 Å². The van der Waals surface area contributed by atoms with Crippen molar-refractivity contribution in [1.29, 1.82) is 0 Å². The van der Waals surface area contributed by atoms with Crippen molar-refractivity contribution in [3.8, 4) is 11.5 Å². The lowest BCUT2D eigenvalue weighted by Crippen LogP contribution is -2.38. The van der Waals surface area contributed by atoms with Gasteiger partial charge >= 0.3 is 12.3 Å². The summed E-state index contributed by atoms with van der Waals surface area (Å²) in [7, 11) is 0. The van der Waals surface area contributed by atoms with Crippen molar-refractivity contribution in [3.05, 3.63) is 58.1 Å². The van der Waals surface area contributed by atoms with Crippen LogP contribution < -0.4 is 9.47 Å². The van der Waals surface area contributed by atoms with E-state index in [1.54, 1.807) is 45.0 Å². The fraction of sp³-hybridized carbons (Fsp3) is 0.435. The third-order valence-electron chi connectivity index (χ3n) is 5.46. The monoisotopic (exact) mass is 498 g/mol. The Kier molecular flexibility index (Phi) is 7.25. The molecule has 0 saturated carbocycles. The summed E-state index contributed by atoms with van der Waals surface area (Å²) in [6, 6.07) is 5.05. The molecule has 1 aliphatic carbocycles. The molecular weight excluding hydrogens is 473 g/mol. The summed E-state index contributed by atoms with van der Waals surface area (Å²) < 4.78 is 57.6. The Labute approximate surface area is 199 Å². The fourth-order valence-electron chi connectivity index (χ4n) is 3.28. The minimum absolute atomic E-state index is 0.153. The van der Waals surface area contributed by atoms with Crippen molar-refractivity contribution in [3.63, 3.8) is 0 Å². The first-order chi connectivity index (χ1) is 15.8. The van der Waals surface area contributed by atoms with Crippen LogP contribution in [-0.2, 0) is 16.1 Å². The number of aliphatic carboxylic acids is 1. The first kappa shape index (κ1) is 25.5. The quantitative estimate of drug-likeness (QED) is 0.494. The minimum Gasteiger partial charge on any atom is -0.486 e. The number of hydrogen-bond acceptors (Lipinski definition) is 7. The maximum atomic E-state index is 12.6. The fourth-order valence-corrected chi connectivity index (χ4v) is 3.89. The summed E-state index contributed by atoms with van der Waals surface area (Å²) in [5, 5.41) is 9.83. The molecule has 11 heteroatoms. The second-order valence-electron chi connectivity index (χ2n) is 8.45. The number of allylic oxidation sites excluding steroid dienone is 3. The van der Waals surface area contributed by atoms with Gasteiger partial charge in [0.15, 0.2) is 10.6 Å². The first-order valence-electron chi connectivity index (χ1n) is 10.4. The molecule has 2 atom stereocenters. The van der Waals surface area contributed by atoms with Crippen LogP contribution in [0.5, 0.6) is 11.5 Å². The van der Waals surface area contributed by atoms with Crippen LogP contribution in [0, 0.1) is 12.8 Å². The third-order valence-corrected chi connectivity index (χ3v) is 6.16. The van der Waals surface area contributed by atoms with Crippen molar-refractivity contribution >= 4 is 17.5 Å². The van der Waals surface area contributed by atoms with Crippen molar-refractivity contribution in [2.45, 2.75) is 59.1 Å². The standard InChI is InChI=1S/C23H25F3N2O5S/c1-12-10-15(6-8-17(12)32-22(4,5)21(29)30)31-11-19-27-20(28-34-19)16-7-9-18(14(3)13(16)2)33-23(24,25)26/h6-10,13,16H,11H2,1-5H3,(H,29,30). The third kappa shape index (κ3) is 6.07. The summed E-state index contributed by atoms with van der Waals surface area (Å²) in [6.45, 7) is 8.28. The molecule has 1 heterocycles. The van der Waals surface area contributed by atoms with Gasteiger partial charge in [0.2, 0.25) is 0 Å². The molecule has 0 fully saturated rings. The zero-order valence-electron chi connectivity index (χ0n) is 19.3. The lowest BCUT2D eigenvalue weighted by molar-refractivity contribution is -0.304. The highest BCUT2D eigenvalue weighted by atomic mass is 32.1. The van der Waals surface area contributed by atoms with E-state index in [9.17, 15) is 23.1 Å². The van der Waals surface area contributed by atoms with Gasteiger partial charge in [-0.1, -0.05) is 13.0 Å². The summed E-state index contributed by atoms with van der Waals surface area (Å²) in [5.74, 6) is -0.325. The Morgan fingerprint density at radius 3 is 2.53 bits per heavy atom. The predicted octanol–water partition coefficient (Wildman–Crippen LogP) is 5.77. The van der Waals surface area contributed by atoms with E-state index in [1.807, 2.05) is 0 Å². The number of carboxylic acid groups (broad SMARTS) is 1. The number of benzene rings is 1. The molecule has 0 spiro atoms. The van der Waals surface area contributed by atoms with Gasteiger partial charge in [0.05, 0.1) is 0 Å². The van der Waals surface area contributed by atoms with Crippen molar-refractivity contribution in [2.24, 2.45) is 5.92 Å². The second-order valence-corrected chi connectivity index (χ2v) is 9.28. The van der Waals surface area contributed by atoms with Crippen molar-refractivity contribution in [1.82, 2.24) is 9.36 Å². The van der Waals surface area contributed by atoms with E-state index in [-0.39, 0.29) is 24.2 Å². The highest BCUT2D eigenvalue weighted by Gasteiger charge is 2.35. The molecule has 2 aromatic rings. The summed E-state index contributed by atoms with van der Waals surface area (Å²) in [6.07, 6.45) is -1.82. The topological polar surface area (TPSA) is 90.8 Å². The van der Waals surface area contributed by atoms with Crippen molar-refractivity contribution < 1.29 is 37.3 Å². The second kappa shape index (κ2) is 9.65. The van der Waals surface area contributed by atoms with E-state index >= 15 is 0 Å². The largest absolute Gasteiger partial charge is 0.573 e. The Hall–Kier alpha value is -3.08. The number of carbonyl (C=O) groups is 1. The van der Waals surface area contributed by atoms with Gasteiger partial charge in [0, 0.05) is 5.92 Å². The molecule has 1 N–H and O–H groups in total. The molecule has 34 heavy (non-hydrogen) atoms. The average molecular weight is 499 g/mol.